The van der Waals surface area contributed by atoms with Crippen LogP contribution in [0.3, 0.4) is 0 Å². The van der Waals surface area contributed by atoms with Crippen molar-refractivity contribution < 1.29 is 24.0 Å². The quantitative estimate of drug-likeness (QED) is 0.0318. The van der Waals surface area contributed by atoms with Gasteiger partial charge in [0.2, 0.25) is 0 Å². The van der Waals surface area contributed by atoms with Gasteiger partial charge in [0.1, 0.15) is 69.6 Å². The number of nitrogens with two attached hydrogens (primary N) is 5. The van der Waals surface area contributed by atoms with Gasteiger partial charge in [0, 0.05) is 130 Å². The number of carbonyl (C=O) groups excluding carboxylic acids is 5. The molecule has 1 aliphatic heterocycles. The number of amides is 5. The molecule has 1 saturated heterocycles. The third-order valence-corrected chi connectivity index (χ3v) is 24.6. The van der Waals surface area contributed by atoms with Gasteiger partial charge in [0.15, 0.2) is 5.69 Å². The highest BCUT2D eigenvalue weighted by Crippen LogP contribution is 2.37. The van der Waals surface area contributed by atoms with Crippen molar-refractivity contribution in [1.82, 2.24) is 105 Å². The standard InChI is InChI=1S/C25H27N7O.3C21H20N6O.C20H18N6O.CH4/c1-2-16-5-3-4-6-20(16)22-11-17-12-23(28-14-21(17)24(26)30-22)31-25(33)18-13-29-32(15-18)19-7-9-27-10-8-19;1-3-13-6-4-5-7-16(13)18-8-14-9-19(23-11-17(14)20(22)25-18)26-21(28)15-10-24-27(2)12-15;1-3-13-6-4-5-7-15(13)17-9-14-10-19(23-11-16(14)20(22)24-17)25-21(28)18-8-12(2)26-27-18;1-3-13-6-4-5-7-15(13)17-10-14-11-19(23-12-16(14)20(22)25-17)26-21(28)18-8-9-24-27(18)2;1-2-12-5-3-4-6-14(12)17-9-13-10-18(22-11-15(13)19(21)24-17)25-20(27)16-7-8-23-26-16;/h3-6,11-15,19,27H,2,7-10H2,1H3,(H2,26,30)(H,28,31,33);4-12H,3H2,1-2H3,(H2,22,25)(H,23,26,28);4-11H,3H2,1-2H3,(H2,22,24)(H,26,27)(H,23,25,28);4-12H,3H2,1-2H3,(H2,22,25)(H,23,26,28);3-11H,2H2,1H3,(H2,21,24)(H,23,26)(H,22,25,27);1H4. The molecule has 1 fully saturated rings. The van der Waals surface area contributed by atoms with Gasteiger partial charge >= 0.3 is 0 Å². The summed E-state index contributed by atoms with van der Waals surface area (Å²) in [6.07, 6.45) is 24.4. The van der Waals surface area contributed by atoms with Gasteiger partial charge in [-0.3, -0.25) is 48.2 Å². The van der Waals surface area contributed by atoms with Crippen LogP contribution in [-0.2, 0) is 46.2 Å². The van der Waals surface area contributed by atoms with Gasteiger partial charge in [-0.15, -0.1) is 0 Å². The monoisotopic (exact) mass is 1930 g/mol. The van der Waals surface area contributed by atoms with Crippen LogP contribution in [0.4, 0.5) is 58.2 Å². The van der Waals surface area contributed by atoms with Gasteiger partial charge in [-0.05, 0) is 199 Å². The summed E-state index contributed by atoms with van der Waals surface area (Å²) in [5.74, 6) is 2.87. The Hall–Kier alpha value is -18.7. The van der Waals surface area contributed by atoms with Crippen LogP contribution < -0.4 is 60.6 Å². The van der Waals surface area contributed by atoms with Gasteiger partial charge in [-0.2, -0.15) is 25.5 Å². The normalized spacial score (nSPS) is 11.6. The van der Waals surface area contributed by atoms with Crippen LogP contribution in [0.25, 0.3) is 110 Å². The predicted molar refractivity (Wildman–Crippen MR) is 572 cm³/mol. The number of anilines is 10. The maximum Gasteiger partial charge on any atom is 0.277 e. The van der Waals surface area contributed by atoms with E-state index in [-0.39, 0.29) is 37.0 Å². The molecule has 0 atom stereocenters. The number of aryl methyl sites for hydroxylation is 8. The smallest absolute Gasteiger partial charge is 0.277 e. The molecule has 15 aromatic heterocycles. The number of hydrogen-bond acceptors (Lipinski definition) is 26. The molecule has 0 spiro atoms. The fourth-order valence-electron chi connectivity index (χ4n) is 17.0. The number of nitrogens with one attached hydrogen (secondary N) is 8. The number of nitrogen functional groups attached to an aromatic ring is 5. The molecule has 0 bridgehead atoms. The molecule has 36 nitrogen and oxygen atoms in total. The third kappa shape index (κ3) is 23.1. The summed E-state index contributed by atoms with van der Waals surface area (Å²) in [4.78, 5) is 106. The van der Waals surface area contributed by atoms with Crippen LogP contribution in [0, 0.1) is 6.92 Å². The van der Waals surface area contributed by atoms with E-state index in [0.717, 1.165) is 174 Å². The SMILES string of the molecule is C.CCc1ccccc1-c1cc2cc(NC(=O)c3cc(C)[nH]n3)ncc2c(N)n1.CCc1ccccc1-c1cc2cc(NC(=O)c3ccn[nH]3)ncc2c(N)n1.CCc1ccccc1-c1cc2cc(NC(=O)c3ccnn3C)ncc2c(N)n1.CCc1ccccc1-c1cc2cc(NC(=O)c3cnn(C)c3)ncc2c(N)n1.CCc1ccccc1-c1cc2cc(NC(=O)c3cnn(C4CCNCC4)c3)ncc2c(N)n1. The molecule has 36 heteroatoms. The van der Waals surface area contributed by atoms with Crippen molar-refractivity contribution >= 4 is 142 Å². The number of H-pyrrole nitrogens is 2. The molecule has 5 amide bonds. The zero-order valence-electron chi connectivity index (χ0n) is 80.3. The Morgan fingerprint density at radius 1 is 0.366 bits per heavy atom. The summed E-state index contributed by atoms with van der Waals surface area (Å²) < 4.78 is 4.98. The van der Waals surface area contributed by atoms with Crippen LogP contribution in [0.5, 0.6) is 0 Å². The number of aromatic amines is 2. The Balaban J connectivity index is 0.000000130. The second-order valence-electron chi connectivity index (χ2n) is 34.1. The fraction of sp³-hybridized carbons (Fsp3) is 0.174. The lowest BCUT2D eigenvalue weighted by atomic mass is 10.0. The van der Waals surface area contributed by atoms with E-state index >= 15 is 0 Å². The lowest BCUT2D eigenvalue weighted by Gasteiger charge is -2.22. The van der Waals surface area contributed by atoms with E-state index in [1.807, 2.05) is 139 Å². The van der Waals surface area contributed by atoms with E-state index in [0.29, 0.717) is 92.4 Å². The molecule has 0 unspecified atom stereocenters. The van der Waals surface area contributed by atoms with Crippen LogP contribution in [0.1, 0.15) is 147 Å². The van der Waals surface area contributed by atoms with Crippen molar-refractivity contribution in [3.05, 3.63) is 330 Å². The van der Waals surface area contributed by atoms with E-state index in [1.54, 1.807) is 111 Å². The minimum atomic E-state index is -0.324. The molecule has 20 aromatic rings. The molecule has 145 heavy (non-hydrogen) atoms. The van der Waals surface area contributed by atoms with E-state index < -0.39 is 0 Å². The zero-order valence-corrected chi connectivity index (χ0v) is 80.3. The minimum absolute atomic E-state index is 0. The molecular weight excluding hydrogens is 1820 g/mol. The molecule has 5 aromatic carbocycles. The second kappa shape index (κ2) is 45.0. The summed E-state index contributed by atoms with van der Waals surface area (Å²) in [7, 11) is 3.48. The molecule has 0 saturated carbocycles. The summed E-state index contributed by atoms with van der Waals surface area (Å²) in [6.45, 7) is 14.3. The first-order valence-corrected chi connectivity index (χ1v) is 47.0. The molecular formula is C109H109N31O5. The predicted octanol–water partition coefficient (Wildman–Crippen LogP) is 18.4. The number of benzene rings is 5. The van der Waals surface area contributed by atoms with Crippen molar-refractivity contribution in [2.75, 3.05) is 68.3 Å². The Morgan fingerprint density at radius 3 is 1.01 bits per heavy atom. The van der Waals surface area contributed by atoms with Crippen molar-refractivity contribution in [3.8, 4) is 56.3 Å². The van der Waals surface area contributed by atoms with E-state index in [9.17, 15) is 24.0 Å². The number of nitrogens with zero attached hydrogens (tertiary/aromatic N) is 18. The lowest BCUT2D eigenvalue weighted by Crippen LogP contribution is -2.29. The average molecular weight is 1930 g/mol. The molecule has 730 valence electrons. The highest BCUT2D eigenvalue weighted by molar-refractivity contribution is 6.09. The van der Waals surface area contributed by atoms with Crippen LogP contribution in [0.15, 0.2) is 268 Å². The lowest BCUT2D eigenvalue weighted by molar-refractivity contribution is 0.101. The van der Waals surface area contributed by atoms with Gasteiger partial charge in [0.25, 0.3) is 29.5 Å². The molecule has 0 radical (unpaired) electrons. The maximum atomic E-state index is 12.8. The van der Waals surface area contributed by atoms with E-state index in [1.165, 1.54) is 44.9 Å². The Kier molecular flexibility index (Phi) is 30.8. The maximum absolute atomic E-state index is 12.8. The van der Waals surface area contributed by atoms with E-state index in [2.05, 4.69) is 188 Å². The Bertz CT molecular complexity index is 7980. The van der Waals surface area contributed by atoms with Crippen molar-refractivity contribution in [2.45, 2.75) is 100.0 Å². The highest BCUT2D eigenvalue weighted by atomic mass is 16.2. The van der Waals surface area contributed by atoms with E-state index in [4.69, 9.17) is 28.7 Å². The summed E-state index contributed by atoms with van der Waals surface area (Å²) >= 11 is 0. The highest BCUT2D eigenvalue weighted by Gasteiger charge is 2.24. The number of pyridine rings is 10. The number of rotatable bonds is 21. The second-order valence-corrected chi connectivity index (χ2v) is 34.1. The van der Waals surface area contributed by atoms with Gasteiger partial charge in [-0.1, -0.05) is 163 Å². The molecule has 21 rings (SSSR count). The summed E-state index contributed by atoms with van der Waals surface area (Å²) in [5, 5.41) is 51.0. The molecule has 18 N–H and O–H groups in total. The van der Waals surface area contributed by atoms with Crippen LogP contribution in [0.2, 0.25) is 0 Å². The number of fused-ring (bicyclic) bond motifs is 5. The van der Waals surface area contributed by atoms with Crippen molar-refractivity contribution in [1.29, 1.82) is 0 Å². The summed E-state index contributed by atoms with van der Waals surface area (Å²) in [5.41, 5.74) is 49.2. The van der Waals surface area contributed by atoms with Crippen LogP contribution >= 0.6 is 0 Å². The molecule has 16 heterocycles. The first-order valence-electron chi connectivity index (χ1n) is 47.0. The molecule has 0 aliphatic carbocycles. The third-order valence-electron chi connectivity index (χ3n) is 24.6. The number of carbonyl (C=O) groups is 5. The van der Waals surface area contributed by atoms with Gasteiger partial charge in [0.05, 0.1) is 58.0 Å². The van der Waals surface area contributed by atoms with Crippen molar-refractivity contribution in [3.63, 3.8) is 0 Å². The minimum Gasteiger partial charge on any atom is -0.383 e. The van der Waals surface area contributed by atoms with Gasteiger partial charge in [-0.25, -0.2) is 49.8 Å². The largest absolute Gasteiger partial charge is 0.383 e. The number of hydrogen-bond donors (Lipinski definition) is 13. The first kappa shape index (κ1) is 99.3. The number of aromatic nitrogens is 20. The fourth-order valence-corrected chi connectivity index (χ4v) is 17.0. The topological polar surface area (TPSA) is 527 Å². The average Bonchev–Trinajstić information content (AvgIpc) is 1.79. The zero-order chi connectivity index (χ0) is 101. The number of piperidine rings is 1. The molecule has 1 aliphatic rings. The summed E-state index contributed by atoms with van der Waals surface area (Å²) in [6, 6.07) is 64.8. The Morgan fingerprint density at radius 2 is 0.697 bits per heavy atom. The Labute approximate surface area is 834 Å². The van der Waals surface area contributed by atoms with Crippen LogP contribution in [-0.4, -0.2) is 142 Å². The first-order chi connectivity index (χ1) is 69.9. The van der Waals surface area contributed by atoms with Gasteiger partial charge < -0.3 is 60.6 Å². The van der Waals surface area contributed by atoms with Crippen molar-refractivity contribution in [2.24, 2.45) is 14.1 Å².